The van der Waals surface area contributed by atoms with Gasteiger partial charge in [0.15, 0.2) is 5.78 Å². The largest absolute Gasteiger partial charge is 0.460 e. The van der Waals surface area contributed by atoms with Gasteiger partial charge in [-0.1, -0.05) is 71.1 Å². The standard InChI is InChI=1S/C56H90N2O16S/c1-35-17-11-10-12-18-36(2)47(71-26-15-16-28-75(57,67)68)33-43-22-20-41(7)56(66,74-43)53(63)54(64)58-24-14-13-19-44(58)55(65)73-48(38(4)31-42-21-23-46(72-27-25-59)49(32-42)69-8)34-45(60)37(3)30-40(6)51(62)52(70-9)50(61)39(5)29-35/h10-12,17-18,30,35,37-39,41-44,46-49,51-52,59,62,66H,13-16,19-29,31-34H2,1-9H3,(H2,57,67,68)/b12-10+,17-11+,36-18+,40-30+/t35-,37-,38-,39-,41-,42+,43+,44+,46-,47?,48+,49-,51-,52+,56-/m1/s1. The summed E-state index contributed by atoms with van der Waals surface area (Å²) in [6.07, 6.45) is 11.4. The number of cyclic esters (lactones) is 1. The maximum Gasteiger partial charge on any atom is 0.329 e. The van der Waals surface area contributed by atoms with E-state index in [4.69, 9.17) is 33.6 Å². The normalized spacial score (nSPS) is 36.8. The van der Waals surface area contributed by atoms with Crippen LogP contribution in [0.4, 0.5) is 0 Å². The highest BCUT2D eigenvalue weighted by Crippen LogP contribution is 2.38. The van der Waals surface area contributed by atoms with Gasteiger partial charge >= 0.3 is 5.97 Å². The van der Waals surface area contributed by atoms with Crippen LogP contribution in [0.5, 0.6) is 0 Å². The molecule has 1 unspecified atom stereocenters. The average molecular weight is 1080 g/mol. The first-order chi connectivity index (χ1) is 35.4. The number of unbranched alkanes of at least 4 members (excludes halogenated alkanes) is 1. The molecule has 75 heavy (non-hydrogen) atoms. The first-order valence-electron chi connectivity index (χ1n) is 27.2. The molecule has 426 valence electrons. The second-order valence-electron chi connectivity index (χ2n) is 21.9. The van der Waals surface area contributed by atoms with Gasteiger partial charge in [-0.25, -0.2) is 18.4 Å². The van der Waals surface area contributed by atoms with Crippen LogP contribution in [-0.4, -0.2) is 159 Å². The molecule has 1 amide bonds. The molecule has 1 aliphatic carbocycles. The number of carbonyl (C=O) groups excluding carboxylic acids is 5. The number of Topliss-reactive ketones (excluding diaryl/α,β-unsaturated/α-hetero) is 3. The van der Waals surface area contributed by atoms with Crippen LogP contribution in [0.1, 0.15) is 138 Å². The molecule has 0 aromatic carbocycles. The number of nitrogens with zero attached hydrogens (tertiary/aromatic N) is 1. The summed E-state index contributed by atoms with van der Waals surface area (Å²) in [6, 6.07) is -1.20. The minimum atomic E-state index is -3.66. The summed E-state index contributed by atoms with van der Waals surface area (Å²) in [5.74, 6) is -8.73. The molecule has 1 saturated carbocycles. The van der Waals surface area contributed by atoms with Crippen molar-refractivity contribution in [2.45, 2.75) is 193 Å². The smallest absolute Gasteiger partial charge is 0.329 e. The zero-order valence-electron chi connectivity index (χ0n) is 46.1. The van der Waals surface area contributed by atoms with Gasteiger partial charge in [-0.05, 0) is 120 Å². The number of primary sulfonamides is 1. The highest BCUT2D eigenvalue weighted by molar-refractivity contribution is 7.89. The fourth-order valence-corrected chi connectivity index (χ4v) is 11.6. The molecule has 2 bridgehead atoms. The van der Waals surface area contributed by atoms with Crippen molar-refractivity contribution in [1.29, 1.82) is 0 Å². The number of allylic oxidation sites excluding steroid dienone is 6. The third kappa shape index (κ3) is 19.1. The Balaban J connectivity index is 1.71. The summed E-state index contributed by atoms with van der Waals surface area (Å²) in [7, 11) is -0.685. The number of methoxy groups -OCH3 is 2. The van der Waals surface area contributed by atoms with E-state index in [1.165, 1.54) is 7.11 Å². The maximum atomic E-state index is 14.6. The van der Waals surface area contributed by atoms with Gasteiger partial charge in [0.05, 0.1) is 43.4 Å². The van der Waals surface area contributed by atoms with Crippen molar-refractivity contribution in [1.82, 2.24) is 4.90 Å². The van der Waals surface area contributed by atoms with Gasteiger partial charge in [-0.2, -0.15) is 0 Å². The number of hydrogen-bond donors (Lipinski definition) is 4. The molecular formula is C56H90N2O16S. The van der Waals surface area contributed by atoms with Crippen molar-refractivity contribution in [2.24, 2.45) is 40.6 Å². The Morgan fingerprint density at radius 2 is 1.60 bits per heavy atom. The topological polar surface area (TPSA) is 265 Å². The summed E-state index contributed by atoms with van der Waals surface area (Å²) >= 11 is 0. The number of esters is 1. The lowest BCUT2D eigenvalue weighted by Crippen LogP contribution is -2.61. The third-order valence-corrected chi connectivity index (χ3v) is 16.6. The first kappa shape index (κ1) is 64.0. The molecular weight excluding hydrogens is 989 g/mol. The number of aliphatic hydroxyl groups excluding tert-OH is 2. The number of hydrogen-bond acceptors (Lipinski definition) is 16. The molecule has 0 radical (unpaired) electrons. The minimum absolute atomic E-state index is 0.0392. The van der Waals surface area contributed by atoms with Gasteiger partial charge in [0.25, 0.3) is 11.7 Å². The van der Waals surface area contributed by atoms with E-state index in [0.29, 0.717) is 63.4 Å². The van der Waals surface area contributed by atoms with Crippen molar-refractivity contribution in [3.8, 4) is 0 Å². The Bertz CT molecular complexity index is 2130. The number of fused-ring (bicyclic) bond motifs is 3. The van der Waals surface area contributed by atoms with Gasteiger partial charge in [-0.3, -0.25) is 19.2 Å². The lowest BCUT2D eigenvalue weighted by atomic mass is 9.78. The number of amides is 1. The number of ether oxygens (including phenoxy) is 6. The quantitative estimate of drug-likeness (QED) is 0.0710. The number of rotatable bonds is 14. The SMILES string of the molecule is CO[C@@H]1C[C@H](C[C@@H](C)[C@@H]2CC(=O)[C@H](C)/C=C(\C)[C@@H](O)[C@@H](OC)C(=O)[C@H](C)C[C@H](C)/C=C/C=C/C=C(\C)C(OCCCCS(N)(=O)=O)C[C@@H]3CC[C@@H](C)[C@@](O)(O3)C(=O)C(=O)N3CCCC[C@H]3C(=O)O2)CC[C@H]1OCCO. The summed E-state index contributed by atoms with van der Waals surface area (Å²) in [6.45, 7) is 12.8. The van der Waals surface area contributed by atoms with Crippen molar-refractivity contribution in [2.75, 3.05) is 46.3 Å². The molecule has 4 rings (SSSR count). The minimum Gasteiger partial charge on any atom is -0.460 e. The zero-order chi connectivity index (χ0) is 55.6. The molecule has 0 aromatic heterocycles. The Labute approximate surface area is 446 Å². The Hall–Kier alpha value is -3.50. The summed E-state index contributed by atoms with van der Waals surface area (Å²) in [5, 5.41) is 38.3. The van der Waals surface area contributed by atoms with Crippen LogP contribution < -0.4 is 5.14 Å². The predicted molar refractivity (Wildman–Crippen MR) is 282 cm³/mol. The average Bonchev–Trinajstić information content (AvgIpc) is 3.37. The van der Waals surface area contributed by atoms with Crippen LogP contribution in [0.3, 0.4) is 0 Å². The molecule has 19 heteroatoms. The van der Waals surface area contributed by atoms with E-state index < -0.39 is 87.8 Å². The first-order valence-corrected chi connectivity index (χ1v) is 29.0. The number of ketones is 3. The summed E-state index contributed by atoms with van der Waals surface area (Å²) in [4.78, 5) is 72.7. The number of piperidine rings is 1. The molecule has 2 saturated heterocycles. The van der Waals surface area contributed by atoms with Gasteiger partial charge < -0.3 is 48.6 Å². The number of aliphatic hydroxyl groups is 3. The fourth-order valence-electron chi connectivity index (χ4n) is 11.0. The lowest BCUT2D eigenvalue weighted by Gasteiger charge is -2.43. The highest BCUT2D eigenvalue weighted by atomic mass is 32.2. The van der Waals surface area contributed by atoms with E-state index in [-0.39, 0.29) is 99.3 Å². The van der Waals surface area contributed by atoms with E-state index in [0.717, 1.165) is 16.9 Å². The lowest BCUT2D eigenvalue weighted by molar-refractivity contribution is -0.266. The monoisotopic (exact) mass is 1080 g/mol. The van der Waals surface area contributed by atoms with E-state index in [1.54, 1.807) is 40.9 Å². The maximum absolute atomic E-state index is 14.6. The van der Waals surface area contributed by atoms with Crippen LogP contribution in [0.15, 0.2) is 47.6 Å². The molecule has 4 aliphatic rings. The third-order valence-electron chi connectivity index (χ3n) is 15.7. The van der Waals surface area contributed by atoms with Crippen LogP contribution in [0.25, 0.3) is 0 Å². The summed E-state index contributed by atoms with van der Waals surface area (Å²) < 4.78 is 59.3. The van der Waals surface area contributed by atoms with E-state index >= 15 is 0 Å². The predicted octanol–water partition coefficient (Wildman–Crippen LogP) is 5.64. The van der Waals surface area contributed by atoms with Gasteiger partial charge in [0, 0.05) is 58.0 Å². The Morgan fingerprint density at radius 1 is 0.867 bits per heavy atom. The zero-order valence-corrected chi connectivity index (χ0v) is 46.9. The van der Waals surface area contributed by atoms with Crippen molar-refractivity contribution >= 4 is 39.2 Å². The number of nitrogens with two attached hydrogens (primary N) is 1. The molecule has 0 spiro atoms. The van der Waals surface area contributed by atoms with E-state index in [2.05, 4.69) is 0 Å². The van der Waals surface area contributed by atoms with Crippen LogP contribution >= 0.6 is 0 Å². The molecule has 3 aliphatic heterocycles. The number of carbonyl (C=O) groups is 5. The van der Waals surface area contributed by atoms with Crippen LogP contribution in [-0.2, 0) is 62.4 Å². The molecule has 3 heterocycles. The van der Waals surface area contributed by atoms with Crippen LogP contribution in [0, 0.1) is 35.5 Å². The molecule has 5 N–H and O–H groups in total. The second-order valence-corrected chi connectivity index (χ2v) is 23.6. The summed E-state index contributed by atoms with van der Waals surface area (Å²) in [5.41, 5.74) is 1.14. The Kier molecular flexibility index (Phi) is 26.1. The fraction of sp³-hybridized carbons (Fsp3) is 0.768. The van der Waals surface area contributed by atoms with Gasteiger partial charge in [0.1, 0.15) is 30.1 Å². The van der Waals surface area contributed by atoms with Gasteiger partial charge in [-0.15, -0.1) is 0 Å². The van der Waals surface area contributed by atoms with E-state index in [1.807, 2.05) is 51.2 Å². The molecule has 0 aromatic rings. The van der Waals surface area contributed by atoms with E-state index in [9.17, 15) is 47.7 Å². The molecule has 15 atom stereocenters. The number of sulfonamides is 1. The van der Waals surface area contributed by atoms with Crippen LogP contribution in [0.2, 0.25) is 0 Å². The molecule has 3 fully saturated rings. The van der Waals surface area contributed by atoms with Crippen molar-refractivity contribution in [3.05, 3.63) is 47.6 Å². The Morgan fingerprint density at radius 3 is 2.28 bits per heavy atom. The second kappa shape index (κ2) is 30.6. The van der Waals surface area contributed by atoms with Gasteiger partial charge in [0.2, 0.25) is 15.8 Å². The molecule has 18 nitrogen and oxygen atoms in total. The van der Waals surface area contributed by atoms with Crippen molar-refractivity contribution < 1.29 is 76.1 Å². The van der Waals surface area contributed by atoms with Crippen molar-refractivity contribution in [3.63, 3.8) is 0 Å². The highest BCUT2D eigenvalue weighted by Gasteiger charge is 2.53.